The summed E-state index contributed by atoms with van der Waals surface area (Å²) in [5.74, 6) is 1.31. The number of anilines is 1. The summed E-state index contributed by atoms with van der Waals surface area (Å²) in [4.78, 5) is 8.34. The van der Waals surface area contributed by atoms with Gasteiger partial charge in [0.1, 0.15) is 17.9 Å². The number of hydrogen-bond acceptors (Lipinski definition) is 6. The summed E-state index contributed by atoms with van der Waals surface area (Å²) < 4.78 is 30.2. The molecule has 0 saturated carbocycles. The van der Waals surface area contributed by atoms with Gasteiger partial charge in [-0.1, -0.05) is 0 Å². The molecule has 0 unspecified atom stereocenters. The summed E-state index contributed by atoms with van der Waals surface area (Å²) >= 11 is 0. The molecule has 1 N–H and O–H groups in total. The van der Waals surface area contributed by atoms with E-state index in [4.69, 9.17) is 14.2 Å². The van der Waals surface area contributed by atoms with Crippen LogP contribution in [0.3, 0.4) is 0 Å². The molecule has 2 aromatic carbocycles. The van der Waals surface area contributed by atoms with Crippen molar-refractivity contribution in [3.63, 3.8) is 0 Å². The van der Waals surface area contributed by atoms with E-state index in [-0.39, 0.29) is 0 Å². The zero-order chi connectivity index (χ0) is 17.1. The molecule has 0 fully saturated rings. The molecule has 3 rings (SSSR count). The van der Waals surface area contributed by atoms with Crippen LogP contribution in [0.5, 0.6) is 23.1 Å². The highest BCUT2D eigenvalue weighted by Crippen LogP contribution is 2.36. The number of nitrogens with one attached hydrogen (secondary N) is 1. The minimum absolute atomic E-state index is 0.303. The Hall–Kier alpha value is -3.09. The van der Waals surface area contributed by atoms with Crippen LogP contribution >= 0.6 is 0 Å². The van der Waals surface area contributed by atoms with Gasteiger partial charge in [-0.3, -0.25) is 0 Å². The number of halogens is 1. The van der Waals surface area contributed by atoms with Crippen LogP contribution in [0.2, 0.25) is 0 Å². The molecular formula is C17H16FN3O3. The predicted octanol–water partition coefficient (Wildman–Crippen LogP) is 3.62. The van der Waals surface area contributed by atoms with E-state index in [1.807, 2.05) is 0 Å². The maximum absolute atomic E-state index is 13.9. The maximum Gasteiger partial charge on any atom is 0.230 e. The minimum Gasteiger partial charge on any atom is -0.493 e. The Morgan fingerprint density at radius 1 is 1.00 bits per heavy atom. The number of fused-ring (bicyclic) bond motifs is 1. The van der Waals surface area contributed by atoms with Gasteiger partial charge in [0.25, 0.3) is 0 Å². The highest BCUT2D eigenvalue weighted by atomic mass is 19.1. The molecule has 6 nitrogen and oxygen atoms in total. The van der Waals surface area contributed by atoms with Gasteiger partial charge >= 0.3 is 0 Å². The van der Waals surface area contributed by atoms with E-state index in [2.05, 4.69) is 15.3 Å². The Labute approximate surface area is 138 Å². The molecule has 0 aliphatic rings. The van der Waals surface area contributed by atoms with Crippen molar-refractivity contribution in [2.75, 3.05) is 26.6 Å². The third kappa shape index (κ3) is 2.88. The number of nitrogens with zero attached hydrogens (tertiary/aromatic N) is 2. The van der Waals surface area contributed by atoms with Gasteiger partial charge in [0.05, 0.1) is 30.8 Å². The summed E-state index contributed by atoms with van der Waals surface area (Å²) in [5.41, 5.74) is 1.02. The summed E-state index contributed by atoms with van der Waals surface area (Å²) in [5, 5.41) is 3.39. The first-order chi connectivity index (χ1) is 11.7. The van der Waals surface area contributed by atoms with Crippen LogP contribution in [0, 0.1) is 5.82 Å². The lowest BCUT2D eigenvalue weighted by Crippen LogP contribution is -1.96. The van der Waals surface area contributed by atoms with E-state index in [9.17, 15) is 4.39 Å². The van der Waals surface area contributed by atoms with Crippen LogP contribution in [0.1, 0.15) is 0 Å². The van der Waals surface area contributed by atoms with Crippen molar-refractivity contribution in [1.82, 2.24) is 9.97 Å². The second-order valence-corrected chi connectivity index (χ2v) is 4.90. The topological polar surface area (TPSA) is 65.5 Å². The third-order valence-electron chi connectivity index (χ3n) is 3.53. The Morgan fingerprint density at radius 3 is 2.42 bits per heavy atom. The molecule has 1 aromatic heterocycles. The van der Waals surface area contributed by atoms with Gasteiger partial charge in [-0.05, 0) is 18.2 Å². The average molecular weight is 329 g/mol. The molecule has 0 saturated heterocycles. The van der Waals surface area contributed by atoms with Gasteiger partial charge in [-0.15, -0.1) is 0 Å². The second kappa shape index (κ2) is 6.57. The Bertz CT molecular complexity index is 886. The first kappa shape index (κ1) is 15.8. The number of ether oxygens (including phenoxy) is 3. The molecule has 0 amide bonds. The summed E-state index contributed by atoms with van der Waals surface area (Å²) in [7, 11) is 4.74. The molecule has 0 spiro atoms. The average Bonchev–Trinajstić information content (AvgIpc) is 2.61. The smallest absolute Gasteiger partial charge is 0.230 e. The van der Waals surface area contributed by atoms with Gasteiger partial charge in [-0.2, -0.15) is 0 Å². The molecular weight excluding hydrogens is 313 g/mol. The second-order valence-electron chi connectivity index (χ2n) is 4.90. The summed E-state index contributed by atoms with van der Waals surface area (Å²) in [6, 6.07) is 8.00. The molecule has 0 bridgehead atoms. The third-order valence-corrected chi connectivity index (χ3v) is 3.53. The van der Waals surface area contributed by atoms with E-state index in [1.54, 1.807) is 45.5 Å². The number of benzene rings is 2. The van der Waals surface area contributed by atoms with Crippen molar-refractivity contribution in [2.24, 2.45) is 0 Å². The molecule has 0 aliphatic carbocycles. The summed E-state index contributed by atoms with van der Waals surface area (Å²) in [6.45, 7) is 0. The lowest BCUT2D eigenvalue weighted by molar-refractivity contribution is 0.355. The number of hydrogen-bond donors (Lipinski definition) is 1. The Kier molecular flexibility index (Phi) is 4.33. The van der Waals surface area contributed by atoms with Gasteiger partial charge in [0, 0.05) is 19.2 Å². The lowest BCUT2D eigenvalue weighted by Gasteiger charge is -2.12. The first-order valence-corrected chi connectivity index (χ1v) is 7.18. The zero-order valence-electron chi connectivity index (χ0n) is 13.5. The normalized spacial score (nSPS) is 10.5. The number of aromatic nitrogens is 2. The Morgan fingerprint density at radius 2 is 1.75 bits per heavy atom. The molecule has 0 radical (unpaired) electrons. The van der Waals surface area contributed by atoms with Crippen LogP contribution in [0.4, 0.5) is 10.1 Å². The molecule has 1 heterocycles. The highest BCUT2D eigenvalue weighted by Gasteiger charge is 2.13. The standard InChI is InChI=1S/C17H16FN3O3/c1-19-13-5-4-10(6-12(13)18)24-17-11-7-15(22-2)16(23-3)8-14(11)20-9-21-17/h4-9,19H,1-3H3. The van der Waals surface area contributed by atoms with E-state index in [0.29, 0.717) is 39.7 Å². The van der Waals surface area contributed by atoms with E-state index < -0.39 is 5.82 Å². The molecule has 124 valence electrons. The van der Waals surface area contributed by atoms with Crippen LogP contribution in [0.25, 0.3) is 10.9 Å². The van der Waals surface area contributed by atoms with E-state index >= 15 is 0 Å². The van der Waals surface area contributed by atoms with Crippen molar-refractivity contribution in [1.29, 1.82) is 0 Å². The van der Waals surface area contributed by atoms with Crippen molar-refractivity contribution in [2.45, 2.75) is 0 Å². The van der Waals surface area contributed by atoms with Gasteiger partial charge in [0.15, 0.2) is 11.5 Å². The fraction of sp³-hybridized carbons (Fsp3) is 0.176. The maximum atomic E-state index is 13.9. The van der Waals surface area contributed by atoms with Gasteiger partial charge in [-0.25, -0.2) is 14.4 Å². The molecule has 7 heteroatoms. The van der Waals surface area contributed by atoms with Gasteiger partial charge in [0.2, 0.25) is 5.88 Å². The number of rotatable bonds is 5. The predicted molar refractivity (Wildman–Crippen MR) is 88.7 cm³/mol. The monoisotopic (exact) mass is 329 g/mol. The quantitative estimate of drug-likeness (QED) is 0.771. The first-order valence-electron chi connectivity index (χ1n) is 7.18. The Balaban J connectivity index is 2.04. The molecule has 24 heavy (non-hydrogen) atoms. The zero-order valence-corrected chi connectivity index (χ0v) is 13.5. The van der Waals surface area contributed by atoms with E-state index in [0.717, 1.165) is 0 Å². The van der Waals surface area contributed by atoms with Crippen LogP contribution in [0.15, 0.2) is 36.7 Å². The highest BCUT2D eigenvalue weighted by molar-refractivity contribution is 5.87. The van der Waals surface area contributed by atoms with Crippen molar-refractivity contribution in [3.8, 4) is 23.1 Å². The van der Waals surface area contributed by atoms with Gasteiger partial charge < -0.3 is 19.5 Å². The molecule has 3 aromatic rings. The van der Waals surface area contributed by atoms with Crippen LogP contribution < -0.4 is 19.5 Å². The summed E-state index contributed by atoms with van der Waals surface area (Å²) in [6.07, 6.45) is 1.38. The van der Waals surface area contributed by atoms with Crippen LogP contribution in [-0.4, -0.2) is 31.2 Å². The largest absolute Gasteiger partial charge is 0.493 e. The fourth-order valence-electron chi connectivity index (χ4n) is 2.31. The fourth-order valence-corrected chi connectivity index (χ4v) is 2.31. The van der Waals surface area contributed by atoms with Crippen molar-refractivity contribution >= 4 is 16.6 Å². The van der Waals surface area contributed by atoms with E-state index in [1.165, 1.54) is 12.4 Å². The lowest BCUT2D eigenvalue weighted by atomic mass is 10.2. The van der Waals surface area contributed by atoms with Crippen molar-refractivity contribution in [3.05, 3.63) is 42.5 Å². The SMILES string of the molecule is CNc1ccc(Oc2ncnc3cc(OC)c(OC)cc23)cc1F. The number of methoxy groups -OCH3 is 2. The minimum atomic E-state index is -0.410. The molecule has 0 atom stereocenters. The van der Waals surface area contributed by atoms with Crippen molar-refractivity contribution < 1.29 is 18.6 Å². The van der Waals surface area contributed by atoms with Crippen LogP contribution in [-0.2, 0) is 0 Å². The molecule has 0 aliphatic heterocycles.